The minimum Gasteiger partial charge on any atom is -0.293 e. The van der Waals surface area contributed by atoms with E-state index in [2.05, 4.69) is 45.9 Å². The topological polar surface area (TPSA) is 17.1 Å². The number of benzene rings is 1. The third-order valence-corrected chi connectivity index (χ3v) is 4.94. The molecule has 1 aliphatic rings. The van der Waals surface area contributed by atoms with Gasteiger partial charge in [0.1, 0.15) is 0 Å². The van der Waals surface area contributed by atoms with E-state index in [1.54, 1.807) is 11.8 Å². The zero-order valence-electron chi connectivity index (χ0n) is 11.0. The van der Waals surface area contributed by atoms with Crippen LogP contribution in [0.5, 0.6) is 0 Å². The lowest BCUT2D eigenvalue weighted by atomic mass is 9.92. The van der Waals surface area contributed by atoms with E-state index in [4.69, 9.17) is 0 Å². The standard InChI is InChI=1S/C15H20OS/c1-9(2)11-5-6-12-8-17-15(10(3)4)14(16)13(12)7-11/h5-7,9-10,15H,8H2,1-4H3. The summed E-state index contributed by atoms with van der Waals surface area (Å²) in [5.74, 6) is 2.21. The molecule has 0 spiro atoms. The van der Waals surface area contributed by atoms with Crippen LogP contribution in [0.2, 0.25) is 0 Å². The number of carbonyl (C=O) groups is 1. The van der Waals surface area contributed by atoms with Crippen LogP contribution in [0.3, 0.4) is 0 Å². The molecule has 1 heterocycles. The minimum absolute atomic E-state index is 0.143. The third kappa shape index (κ3) is 2.42. The lowest BCUT2D eigenvalue weighted by Gasteiger charge is -2.26. The molecule has 0 saturated heterocycles. The molecule has 0 N–H and O–H groups in total. The van der Waals surface area contributed by atoms with Crippen LogP contribution in [0.1, 0.15) is 55.1 Å². The van der Waals surface area contributed by atoms with Crippen LogP contribution in [0.15, 0.2) is 18.2 Å². The molecule has 2 heteroatoms. The van der Waals surface area contributed by atoms with Gasteiger partial charge in [-0.25, -0.2) is 0 Å². The fourth-order valence-electron chi connectivity index (χ4n) is 2.21. The molecule has 1 nitrogen and oxygen atoms in total. The second-order valence-corrected chi connectivity index (χ2v) is 6.54. The van der Waals surface area contributed by atoms with Crippen LogP contribution in [-0.4, -0.2) is 11.0 Å². The summed E-state index contributed by atoms with van der Waals surface area (Å²) >= 11 is 1.79. The summed E-state index contributed by atoms with van der Waals surface area (Å²) in [7, 11) is 0. The Labute approximate surface area is 108 Å². The highest BCUT2D eigenvalue weighted by Crippen LogP contribution is 2.35. The Bertz CT molecular complexity index is 435. The second kappa shape index (κ2) is 4.85. The Morgan fingerprint density at radius 2 is 1.94 bits per heavy atom. The molecule has 1 unspecified atom stereocenters. The van der Waals surface area contributed by atoms with E-state index in [-0.39, 0.29) is 5.25 Å². The van der Waals surface area contributed by atoms with Gasteiger partial charge in [-0.1, -0.05) is 39.8 Å². The summed E-state index contributed by atoms with van der Waals surface area (Å²) in [6.07, 6.45) is 0. The lowest BCUT2D eigenvalue weighted by Crippen LogP contribution is -2.28. The summed E-state index contributed by atoms with van der Waals surface area (Å²) < 4.78 is 0. The molecule has 0 amide bonds. The molecule has 2 rings (SSSR count). The smallest absolute Gasteiger partial charge is 0.176 e. The van der Waals surface area contributed by atoms with Crippen LogP contribution in [0, 0.1) is 5.92 Å². The first kappa shape index (κ1) is 12.7. The van der Waals surface area contributed by atoms with Crippen molar-refractivity contribution in [2.75, 3.05) is 0 Å². The van der Waals surface area contributed by atoms with Crippen molar-refractivity contribution in [3.05, 3.63) is 34.9 Å². The molecule has 0 aromatic heterocycles. The largest absolute Gasteiger partial charge is 0.293 e. The Hall–Kier alpha value is -0.760. The Morgan fingerprint density at radius 3 is 2.53 bits per heavy atom. The van der Waals surface area contributed by atoms with Gasteiger partial charge >= 0.3 is 0 Å². The zero-order chi connectivity index (χ0) is 12.6. The van der Waals surface area contributed by atoms with Crippen LogP contribution in [0.4, 0.5) is 0 Å². The number of Topliss-reactive ketones (excluding diaryl/α,β-unsaturated/α-hetero) is 1. The Kier molecular flexibility index (Phi) is 3.62. The SMILES string of the molecule is CC(C)c1ccc2c(c1)C(=O)C(C(C)C)SC2. The van der Waals surface area contributed by atoms with Gasteiger partial charge in [0.05, 0.1) is 5.25 Å². The van der Waals surface area contributed by atoms with E-state index in [0.717, 1.165) is 11.3 Å². The number of thioether (sulfide) groups is 1. The van der Waals surface area contributed by atoms with E-state index in [1.807, 2.05) is 0 Å². The van der Waals surface area contributed by atoms with Gasteiger partial charge in [0.15, 0.2) is 5.78 Å². The number of carbonyl (C=O) groups excluding carboxylic acids is 1. The van der Waals surface area contributed by atoms with Crippen LogP contribution in [0.25, 0.3) is 0 Å². The monoisotopic (exact) mass is 248 g/mol. The van der Waals surface area contributed by atoms with Crippen LogP contribution >= 0.6 is 11.8 Å². The van der Waals surface area contributed by atoms with Gasteiger partial charge in [0.25, 0.3) is 0 Å². The quantitative estimate of drug-likeness (QED) is 0.777. The minimum atomic E-state index is 0.143. The molecule has 0 fully saturated rings. The van der Waals surface area contributed by atoms with Crippen molar-refractivity contribution in [2.45, 2.75) is 44.6 Å². The van der Waals surface area contributed by atoms with Gasteiger partial charge in [-0.3, -0.25) is 4.79 Å². The van der Waals surface area contributed by atoms with Gasteiger partial charge in [0, 0.05) is 11.3 Å². The predicted molar refractivity (Wildman–Crippen MR) is 74.8 cm³/mol. The van der Waals surface area contributed by atoms with E-state index < -0.39 is 0 Å². The van der Waals surface area contributed by atoms with Crippen molar-refractivity contribution < 1.29 is 4.79 Å². The van der Waals surface area contributed by atoms with Gasteiger partial charge in [0.2, 0.25) is 0 Å². The van der Waals surface area contributed by atoms with Crippen LogP contribution < -0.4 is 0 Å². The summed E-state index contributed by atoms with van der Waals surface area (Å²) in [6, 6.07) is 6.40. The number of hydrogen-bond donors (Lipinski definition) is 0. The van der Waals surface area contributed by atoms with Crippen LogP contribution in [-0.2, 0) is 5.75 Å². The molecule has 0 bridgehead atoms. The summed E-state index contributed by atoms with van der Waals surface area (Å²) in [6.45, 7) is 8.60. The third-order valence-electron chi connectivity index (χ3n) is 3.35. The number of ketones is 1. The highest BCUT2D eigenvalue weighted by atomic mass is 32.2. The van der Waals surface area contributed by atoms with Gasteiger partial charge < -0.3 is 0 Å². The van der Waals surface area contributed by atoms with E-state index in [0.29, 0.717) is 17.6 Å². The highest BCUT2D eigenvalue weighted by molar-refractivity contribution is 8.00. The zero-order valence-corrected chi connectivity index (χ0v) is 11.8. The molecule has 0 aliphatic carbocycles. The first-order valence-electron chi connectivity index (χ1n) is 6.29. The van der Waals surface area contributed by atoms with E-state index in [1.165, 1.54) is 11.1 Å². The fourth-order valence-corrected chi connectivity index (χ4v) is 3.49. The second-order valence-electron chi connectivity index (χ2n) is 5.41. The maximum absolute atomic E-state index is 12.4. The van der Waals surface area contributed by atoms with Crippen molar-refractivity contribution in [1.29, 1.82) is 0 Å². The number of rotatable bonds is 2. The first-order chi connectivity index (χ1) is 8.00. The first-order valence-corrected chi connectivity index (χ1v) is 7.34. The molecule has 1 aliphatic heterocycles. The average molecular weight is 248 g/mol. The molecule has 92 valence electrons. The summed E-state index contributed by atoms with van der Waals surface area (Å²) in [5, 5.41) is 0.143. The van der Waals surface area contributed by atoms with E-state index >= 15 is 0 Å². The predicted octanol–water partition coefficient (Wildman–Crippen LogP) is 4.26. The van der Waals surface area contributed by atoms with Crippen molar-refractivity contribution in [2.24, 2.45) is 5.92 Å². The maximum Gasteiger partial charge on any atom is 0.176 e. The molecule has 1 atom stereocenters. The van der Waals surface area contributed by atoms with Crippen molar-refractivity contribution in [1.82, 2.24) is 0 Å². The molecular weight excluding hydrogens is 228 g/mol. The highest BCUT2D eigenvalue weighted by Gasteiger charge is 2.30. The molecular formula is C15H20OS. The summed E-state index contributed by atoms with van der Waals surface area (Å²) in [5.41, 5.74) is 3.45. The molecule has 1 aromatic rings. The van der Waals surface area contributed by atoms with Crippen molar-refractivity contribution in [3.63, 3.8) is 0 Å². The normalized spacial score (nSPS) is 19.9. The number of fused-ring (bicyclic) bond motifs is 1. The molecule has 17 heavy (non-hydrogen) atoms. The molecule has 0 saturated carbocycles. The maximum atomic E-state index is 12.4. The van der Waals surface area contributed by atoms with Gasteiger partial charge in [-0.05, 0) is 29.0 Å². The Balaban J connectivity index is 2.40. The Morgan fingerprint density at radius 1 is 1.24 bits per heavy atom. The summed E-state index contributed by atoms with van der Waals surface area (Å²) in [4.78, 5) is 12.4. The fraction of sp³-hybridized carbons (Fsp3) is 0.533. The lowest BCUT2D eigenvalue weighted by molar-refractivity contribution is 0.0973. The average Bonchev–Trinajstić information content (AvgIpc) is 2.28. The van der Waals surface area contributed by atoms with Crippen molar-refractivity contribution >= 4 is 17.5 Å². The van der Waals surface area contributed by atoms with E-state index in [9.17, 15) is 4.79 Å². The number of hydrogen-bond acceptors (Lipinski definition) is 2. The molecule has 0 radical (unpaired) electrons. The molecule has 1 aromatic carbocycles. The van der Waals surface area contributed by atoms with Gasteiger partial charge in [-0.15, -0.1) is 11.8 Å². The van der Waals surface area contributed by atoms with Crippen molar-refractivity contribution in [3.8, 4) is 0 Å². The van der Waals surface area contributed by atoms with Gasteiger partial charge in [-0.2, -0.15) is 0 Å².